The number of fused-ring (bicyclic) bond motifs is 1. The summed E-state index contributed by atoms with van der Waals surface area (Å²) >= 11 is 0. The summed E-state index contributed by atoms with van der Waals surface area (Å²) in [6.07, 6.45) is 3.84. The van der Waals surface area contributed by atoms with Crippen molar-refractivity contribution in [1.29, 1.82) is 0 Å². The molecule has 3 aromatic rings. The number of rotatable bonds is 3. The summed E-state index contributed by atoms with van der Waals surface area (Å²) in [7, 11) is 1.67. The van der Waals surface area contributed by atoms with Crippen LogP contribution in [0.2, 0.25) is 0 Å². The fourth-order valence-electron chi connectivity index (χ4n) is 2.19. The highest BCUT2D eigenvalue weighted by Crippen LogP contribution is 2.25. The molecule has 4 nitrogen and oxygen atoms in total. The predicted octanol–water partition coefficient (Wildman–Crippen LogP) is 2.47. The third kappa shape index (κ3) is 2.06. The molecule has 0 bridgehead atoms. The summed E-state index contributed by atoms with van der Waals surface area (Å²) < 4.78 is 7.25. The molecule has 0 amide bonds. The Morgan fingerprint density at radius 3 is 2.84 bits per heavy atom. The molecule has 0 saturated carbocycles. The third-order valence-electron chi connectivity index (χ3n) is 3.19. The maximum atomic E-state index is 5.65. The molecule has 2 heterocycles. The highest BCUT2D eigenvalue weighted by atomic mass is 16.5. The van der Waals surface area contributed by atoms with Gasteiger partial charge in [0.15, 0.2) is 0 Å². The van der Waals surface area contributed by atoms with Crippen molar-refractivity contribution in [1.82, 2.24) is 9.38 Å². The highest BCUT2D eigenvalue weighted by Gasteiger charge is 2.04. The van der Waals surface area contributed by atoms with Crippen LogP contribution in [-0.4, -0.2) is 16.5 Å². The molecule has 0 spiro atoms. The summed E-state index contributed by atoms with van der Waals surface area (Å²) in [6, 6.07) is 12.2. The number of imidazole rings is 1. The van der Waals surface area contributed by atoms with Crippen LogP contribution >= 0.6 is 0 Å². The molecular formula is C15H15N3O. The SMILES string of the molecule is COc1cccc(-c2ccn3c(CN)ncc3c2)c1. The molecule has 3 rings (SSSR count). The first kappa shape index (κ1) is 11.7. The van der Waals surface area contributed by atoms with E-state index in [9.17, 15) is 0 Å². The number of aromatic nitrogens is 2. The quantitative estimate of drug-likeness (QED) is 0.780. The van der Waals surface area contributed by atoms with E-state index in [4.69, 9.17) is 10.5 Å². The van der Waals surface area contributed by atoms with E-state index in [1.54, 1.807) is 7.11 Å². The number of nitrogens with zero attached hydrogens (tertiary/aromatic N) is 2. The van der Waals surface area contributed by atoms with Crippen molar-refractivity contribution in [3.05, 3.63) is 54.6 Å². The molecule has 2 N–H and O–H groups in total. The summed E-state index contributed by atoms with van der Waals surface area (Å²) in [5.74, 6) is 1.72. The Labute approximate surface area is 111 Å². The Hall–Kier alpha value is -2.33. The third-order valence-corrected chi connectivity index (χ3v) is 3.19. The van der Waals surface area contributed by atoms with E-state index in [2.05, 4.69) is 23.2 Å². The molecule has 1 aromatic carbocycles. The largest absolute Gasteiger partial charge is 0.497 e. The molecule has 0 aliphatic carbocycles. The number of nitrogens with two attached hydrogens (primary N) is 1. The van der Waals surface area contributed by atoms with Gasteiger partial charge < -0.3 is 14.9 Å². The molecule has 2 aromatic heterocycles. The molecule has 19 heavy (non-hydrogen) atoms. The second kappa shape index (κ2) is 4.74. The molecule has 0 aliphatic heterocycles. The standard InChI is InChI=1S/C15H15N3O/c1-19-14-4-2-3-11(8-14)12-5-6-18-13(7-12)10-17-15(18)9-16/h2-8,10H,9,16H2,1H3. The Morgan fingerprint density at radius 2 is 2.05 bits per heavy atom. The van der Waals surface area contributed by atoms with Crippen molar-refractivity contribution in [3.8, 4) is 16.9 Å². The van der Waals surface area contributed by atoms with Gasteiger partial charge in [0, 0.05) is 6.20 Å². The smallest absolute Gasteiger partial charge is 0.127 e. The van der Waals surface area contributed by atoms with E-state index in [0.717, 1.165) is 28.2 Å². The second-order valence-corrected chi connectivity index (χ2v) is 4.32. The van der Waals surface area contributed by atoms with E-state index in [0.29, 0.717) is 6.54 Å². The highest BCUT2D eigenvalue weighted by molar-refractivity contribution is 5.69. The zero-order chi connectivity index (χ0) is 13.2. The normalized spacial score (nSPS) is 10.8. The van der Waals surface area contributed by atoms with Gasteiger partial charge in [-0.05, 0) is 35.4 Å². The second-order valence-electron chi connectivity index (χ2n) is 4.32. The fourth-order valence-corrected chi connectivity index (χ4v) is 2.19. The average Bonchev–Trinajstić information content (AvgIpc) is 2.89. The first-order chi connectivity index (χ1) is 9.31. The minimum Gasteiger partial charge on any atom is -0.497 e. The molecule has 0 fully saturated rings. The maximum Gasteiger partial charge on any atom is 0.127 e. The summed E-state index contributed by atoms with van der Waals surface area (Å²) in [4.78, 5) is 4.30. The predicted molar refractivity (Wildman–Crippen MR) is 75.1 cm³/mol. The maximum absolute atomic E-state index is 5.65. The number of hydrogen-bond donors (Lipinski definition) is 1. The number of benzene rings is 1. The monoisotopic (exact) mass is 253 g/mol. The minimum atomic E-state index is 0.437. The molecule has 0 aliphatic rings. The van der Waals surface area contributed by atoms with Gasteiger partial charge in [0.25, 0.3) is 0 Å². The van der Waals surface area contributed by atoms with Gasteiger partial charge in [0.05, 0.1) is 25.4 Å². The Balaban J connectivity index is 2.09. The lowest BCUT2D eigenvalue weighted by molar-refractivity contribution is 0.415. The molecule has 96 valence electrons. The van der Waals surface area contributed by atoms with E-state index < -0.39 is 0 Å². The Morgan fingerprint density at radius 1 is 1.21 bits per heavy atom. The first-order valence-corrected chi connectivity index (χ1v) is 6.12. The molecular weight excluding hydrogens is 238 g/mol. The lowest BCUT2D eigenvalue weighted by Gasteiger charge is -2.06. The van der Waals surface area contributed by atoms with Gasteiger partial charge in [-0.15, -0.1) is 0 Å². The minimum absolute atomic E-state index is 0.437. The van der Waals surface area contributed by atoms with Gasteiger partial charge in [-0.25, -0.2) is 4.98 Å². The van der Waals surface area contributed by atoms with Crippen molar-refractivity contribution in [2.45, 2.75) is 6.54 Å². The van der Waals surface area contributed by atoms with E-state index in [-0.39, 0.29) is 0 Å². The van der Waals surface area contributed by atoms with Gasteiger partial charge in [-0.3, -0.25) is 0 Å². The van der Waals surface area contributed by atoms with Gasteiger partial charge in [0.1, 0.15) is 11.6 Å². The van der Waals surface area contributed by atoms with Crippen LogP contribution in [0.15, 0.2) is 48.8 Å². The van der Waals surface area contributed by atoms with Crippen LogP contribution in [-0.2, 0) is 6.54 Å². The summed E-state index contributed by atoms with van der Waals surface area (Å²) in [5, 5.41) is 0. The Bertz CT molecular complexity index is 718. The van der Waals surface area contributed by atoms with E-state index >= 15 is 0 Å². The van der Waals surface area contributed by atoms with Crippen LogP contribution < -0.4 is 10.5 Å². The zero-order valence-corrected chi connectivity index (χ0v) is 10.7. The number of ether oxygens (including phenoxy) is 1. The van der Waals surface area contributed by atoms with Gasteiger partial charge in [-0.2, -0.15) is 0 Å². The topological polar surface area (TPSA) is 52.5 Å². The van der Waals surface area contributed by atoms with Crippen LogP contribution in [0.3, 0.4) is 0 Å². The molecule has 4 heteroatoms. The van der Waals surface area contributed by atoms with E-state index in [1.165, 1.54) is 0 Å². The summed E-state index contributed by atoms with van der Waals surface area (Å²) in [5.41, 5.74) is 8.95. The van der Waals surface area contributed by atoms with Gasteiger partial charge in [0.2, 0.25) is 0 Å². The lowest BCUT2D eigenvalue weighted by atomic mass is 10.1. The fraction of sp³-hybridized carbons (Fsp3) is 0.133. The number of methoxy groups -OCH3 is 1. The van der Waals surface area contributed by atoms with Crippen LogP contribution in [0.25, 0.3) is 16.6 Å². The Kier molecular flexibility index (Phi) is 2.93. The molecule has 0 saturated heterocycles. The molecule has 0 radical (unpaired) electrons. The van der Waals surface area contributed by atoms with Crippen LogP contribution in [0.4, 0.5) is 0 Å². The van der Waals surface area contributed by atoms with Crippen LogP contribution in [0.1, 0.15) is 5.82 Å². The first-order valence-electron chi connectivity index (χ1n) is 6.12. The van der Waals surface area contributed by atoms with E-state index in [1.807, 2.05) is 35.0 Å². The molecule has 0 unspecified atom stereocenters. The van der Waals surface area contributed by atoms with Crippen molar-refractivity contribution in [2.24, 2.45) is 5.73 Å². The number of pyridine rings is 1. The van der Waals surface area contributed by atoms with Crippen molar-refractivity contribution < 1.29 is 4.74 Å². The average molecular weight is 253 g/mol. The van der Waals surface area contributed by atoms with Crippen molar-refractivity contribution >= 4 is 5.52 Å². The lowest BCUT2D eigenvalue weighted by Crippen LogP contribution is -2.02. The zero-order valence-electron chi connectivity index (χ0n) is 10.7. The summed E-state index contributed by atoms with van der Waals surface area (Å²) in [6.45, 7) is 0.437. The van der Waals surface area contributed by atoms with Crippen molar-refractivity contribution in [3.63, 3.8) is 0 Å². The van der Waals surface area contributed by atoms with Crippen molar-refractivity contribution in [2.75, 3.05) is 7.11 Å². The van der Waals surface area contributed by atoms with Crippen LogP contribution in [0.5, 0.6) is 5.75 Å². The van der Waals surface area contributed by atoms with Gasteiger partial charge >= 0.3 is 0 Å². The van der Waals surface area contributed by atoms with Gasteiger partial charge in [-0.1, -0.05) is 12.1 Å². The van der Waals surface area contributed by atoms with Crippen LogP contribution in [0, 0.1) is 0 Å². The molecule has 0 atom stereocenters. The number of hydrogen-bond acceptors (Lipinski definition) is 3.